The summed E-state index contributed by atoms with van der Waals surface area (Å²) in [6, 6.07) is 8.58. The molecule has 0 unspecified atom stereocenters. The van der Waals surface area contributed by atoms with E-state index in [2.05, 4.69) is 43.3 Å². The summed E-state index contributed by atoms with van der Waals surface area (Å²) in [5.41, 5.74) is 8.10. The topological polar surface area (TPSA) is 26.0 Å². The van der Waals surface area contributed by atoms with Gasteiger partial charge in [-0.2, -0.15) is 0 Å². The number of unbranched alkanes of at least 4 members (excludes halogenated alkanes) is 2. The smallest absolute Gasteiger partial charge is 0.00773 e. The van der Waals surface area contributed by atoms with E-state index in [0.29, 0.717) is 0 Å². The summed E-state index contributed by atoms with van der Waals surface area (Å²) in [5, 5.41) is 0. The predicted molar refractivity (Wildman–Crippen MR) is 72.4 cm³/mol. The minimum atomic E-state index is 0.855. The molecule has 88 valence electrons. The molecule has 0 amide bonds. The Hall–Kier alpha value is -1.08. The number of hydrogen-bond donors (Lipinski definition) is 1. The van der Waals surface area contributed by atoms with Gasteiger partial charge in [-0.1, -0.05) is 56.2 Å². The summed E-state index contributed by atoms with van der Waals surface area (Å²) in [5.74, 6) is 0. The molecule has 1 heteroatoms. The van der Waals surface area contributed by atoms with Crippen LogP contribution < -0.4 is 5.73 Å². The van der Waals surface area contributed by atoms with E-state index < -0.39 is 0 Å². The highest BCUT2D eigenvalue weighted by Gasteiger charge is 2.00. The largest absolute Gasteiger partial charge is 0.330 e. The van der Waals surface area contributed by atoms with Crippen molar-refractivity contribution in [3.8, 4) is 0 Å². The monoisotopic (exact) mass is 217 g/mol. The molecule has 1 aromatic carbocycles. The van der Waals surface area contributed by atoms with Gasteiger partial charge in [-0.15, -0.1) is 0 Å². The van der Waals surface area contributed by atoms with E-state index in [0.717, 1.165) is 6.54 Å². The first-order valence-corrected chi connectivity index (χ1v) is 6.33. The molecular weight excluding hydrogens is 194 g/mol. The van der Waals surface area contributed by atoms with E-state index in [1.807, 2.05) is 0 Å². The van der Waals surface area contributed by atoms with Crippen LogP contribution in [0, 0.1) is 0 Å². The zero-order valence-electron chi connectivity index (χ0n) is 10.3. The maximum absolute atomic E-state index is 5.21. The Morgan fingerprint density at radius 3 is 2.62 bits per heavy atom. The van der Waals surface area contributed by atoms with Gasteiger partial charge in [0, 0.05) is 0 Å². The fourth-order valence-corrected chi connectivity index (χ4v) is 1.77. The molecule has 1 nitrogen and oxygen atoms in total. The predicted octanol–water partition coefficient (Wildman–Crippen LogP) is 3.78. The van der Waals surface area contributed by atoms with Crippen LogP contribution in [0.1, 0.15) is 43.7 Å². The van der Waals surface area contributed by atoms with Crippen molar-refractivity contribution in [3.63, 3.8) is 0 Å². The first kappa shape index (κ1) is 13.0. The number of allylic oxidation sites excluding steroid dienone is 1. The first-order valence-electron chi connectivity index (χ1n) is 6.33. The number of nitrogens with two attached hydrogens (primary N) is 1. The maximum atomic E-state index is 5.21. The van der Waals surface area contributed by atoms with Crippen molar-refractivity contribution in [1.29, 1.82) is 0 Å². The quantitative estimate of drug-likeness (QED) is 0.766. The second-order valence-corrected chi connectivity index (χ2v) is 4.14. The van der Waals surface area contributed by atoms with E-state index in [9.17, 15) is 0 Å². The lowest BCUT2D eigenvalue weighted by atomic mass is 9.98. The Morgan fingerprint density at radius 1 is 1.19 bits per heavy atom. The Morgan fingerprint density at radius 2 is 2.00 bits per heavy atom. The van der Waals surface area contributed by atoms with Crippen LogP contribution in [-0.2, 0) is 6.42 Å². The highest BCUT2D eigenvalue weighted by atomic mass is 14.5. The van der Waals surface area contributed by atoms with Crippen LogP contribution >= 0.6 is 0 Å². The van der Waals surface area contributed by atoms with Gasteiger partial charge in [0.05, 0.1) is 0 Å². The molecule has 2 N–H and O–H groups in total. The molecule has 0 spiro atoms. The van der Waals surface area contributed by atoms with Gasteiger partial charge in [0.1, 0.15) is 0 Å². The third kappa shape index (κ3) is 4.63. The second kappa shape index (κ2) is 8.12. The molecule has 1 aromatic rings. The lowest BCUT2D eigenvalue weighted by molar-refractivity contribution is 0.727. The summed E-state index contributed by atoms with van der Waals surface area (Å²) in [6.07, 6.45) is 10.6. The second-order valence-electron chi connectivity index (χ2n) is 4.14. The Balaban J connectivity index is 0.000000187. The molecule has 0 bridgehead atoms. The summed E-state index contributed by atoms with van der Waals surface area (Å²) >= 11 is 0. The summed E-state index contributed by atoms with van der Waals surface area (Å²) in [7, 11) is 0. The van der Waals surface area contributed by atoms with Gasteiger partial charge in [-0.25, -0.2) is 0 Å². The lowest BCUT2D eigenvalue weighted by Crippen LogP contribution is -1.96. The van der Waals surface area contributed by atoms with E-state index in [-0.39, 0.29) is 0 Å². The van der Waals surface area contributed by atoms with Gasteiger partial charge in [0.25, 0.3) is 0 Å². The van der Waals surface area contributed by atoms with Crippen molar-refractivity contribution >= 4 is 6.08 Å². The minimum absolute atomic E-state index is 0.855. The molecular formula is C15H23N. The van der Waals surface area contributed by atoms with E-state index >= 15 is 0 Å². The number of rotatable bonds is 3. The van der Waals surface area contributed by atoms with Gasteiger partial charge in [-0.05, 0) is 36.9 Å². The van der Waals surface area contributed by atoms with Crippen molar-refractivity contribution in [1.82, 2.24) is 0 Å². The Labute approximate surface area is 99.4 Å². The summed E-state index contributed by atoms with van der Waals surface area (Å²) in [6.45, 7) is 3.03. The molecule has 16 heavy (non-hydrogen) atoms. The highest BCUT2D eigenvalue weighted by molar-refractivity contribution is 5.55. The van der Waals surface area contributed by atoms with Crippen molar-refractivity contribution in [2.45, 2.75) is 39.0 Å². The van der Waals surface area contributed by atoms with Crippen LogP contribution in [0.3, 0.4) is 0 Å². The lowest BCUT2D eigenvalue weighted by Gasteiger charge is -2.07. The van der Waals surface area contributed by atoms with Crippen molar-refractivity contribution in [2.75, 3.05) is 6.54 Å². The Kier molecular flexibility index (Phi) is 6.59. The highest BCUT2D eigenvalue weighted by Crippen LogP contribution is 2.17. The van der Waals surface area contributed by atoms with Crippen molar-refractivity contribution in [3.05, 3.63) is 41.5 Å². The molecule has 1 aliphatic rings. The number of benzene rings is 1. The maximum Gasteiger partial charge on any atom is -0.00773 e. The van der Waals surface area contributed by atoms with Gasteiger partial charge in [0.15, 0.2) is 0 Å². The van der Waals surface area contributed by atoms with Crippen LogP contribution in [0.25, 0.3) is 6.08 Å². The van der Waals surface area contributed by atoms with E-state index in [1.54, 1.807) is 0 Å². The number of hydrogen-bond acceptors (Lipinski definition) is 1. The van der Waals surface area contributed by atoms with Crippen LogP contribution in [0.2, 0.25) is 0 Å². The van der Waals surface area contributed by atoms with Gasteiger partial charge in [-0.3, -0.25) is 0 Å². The SMILES string of the molecule is C1=Cc2ccccc2CC1.CCCCCN. The average Bonchev–Trinajstić information content (AvgIpc) is 2.37. The molecule has 1 aliphatic carbocycles. The molecule has 0 atom stereocenters. The normalized spacial score (nSPS) is 12.6. The van der Waals surface area contributed by atoms with Crippen LogP contribution in [0.15, 0.2) is 30.3 Å². The zero-order chi connectivity index (χ0) is 11.6. The zero-order valence-corrected chi connectivity index (χ0v) is 10.3. The fraction of sp³-hybridized carbons (Fsp3) is 0.467. The minimum Gasteiger partial charge on any atom is -0.330 e. The van der Waals surface area contributed by atoms with E-state index in [1.165, 1.54) is 43.2 Å². The standard InChI is InChI=1S/C10H10.C5H13N/c1-2-6-10-8-4-3-7-9(10)5-1;1-2-3-4-5-6/h1-3,5-7H,4,8H2;2-6H2,1H3. The fourth-order valence-electron chi connectivity index (χ4n) is 1.77. The van der Waals surface area contributed by atoms with Gasteiger partial charge in [0.2, 0.25) is 0 Å². The molecule has 0 fully saturated rings. The molecule has 0 heterocycles. The molecule has 0 aliphatic heterocycles. The van der Waals surface area contributed by atoms with Crippen molar-refractivity contribution < 1.29 is 0 Å². The van der Waals surface area contributed by atoms with Gasteiger partial charge >= 0.3 is 0 Å². The van der Waals surface area contributed by atoms with Crippen molar-refractivity contribution in [2.24, 2.45) is 5.73 Å². The van der Waals surface area contributed by atoms with Crippen LogP contribution in [-0.4, -0.2) is 6.54 Å². The van der Waals surface area contributed by atoms with E-state index in [4.69, 9.17) is 5.73 Å². The molecule has 0 saturated heterocycles. The number of aryl methyl sites for hydroxylation is 1. The average molecular weight is 217 g/mol. The Bertz CT molecular complexity index is 311. The molecule has 0 aromatic heterocycles. The molecule has 0 saturated carbocycles. The van der Waals surface area contributed by atoms with Crippen LogP contribution in [0.4, 0.5) is 0 Å². The third-order valence-electron chi connectivity index (χ3n) is 2.74. The first-order chi connectivity index (χ1) is 7.88. The summed E-state index contributed by atoms with van der Waals surface area (Å²) in [4.78, 5) is 0. The molecule has 2 rings (SSSR count). The van der Waals surface area contributed by atoms with Crippen LogP contribution in [0.5, 0.6) is 0 Å². The third-order valence-corrected chi connectivity index (χ3v) is 2.74. The molecule has 0 radical (unpaired) electrons. The number of fused-ring (bicyclic) bond motifs is 1. The summed E-state index contributed by atoms with van der Waals surface area (Å²) < 4.78 is 0. The van der Waals surface area contributed by atoms with Gasteiger partial charge < -0.3 is 5.73 Å².